The predicted molar refractivity (Wildman–Crippen MR) is 91.5 cm³/mol. The van der Waals surface area contributed by atoms with Crippen molar-refractivity contribution in [2.45, 2.75) is 33.5 Å². The van der Waals surface area contributed by atoms with Crippen molar-refractivity contribution in [2.75, 3.05) is 13.6 Å². The second-order valence-corrected chi connectivity index (χ2v) is 6.61. The van der Waals surface area contributed by atoms with Crippen LogP contribution in [0.15, 0.2) is 24.3 Å². The lowest BCUT2D eigenvalue weighted by molar-refractivity contribution is -0.884. The Kier molecular flexibility index (Phi) is 5.71. The van der Waals surface area contributed by atoms with Gasteiger partial charge in [-0.15, -0.1) is 0 Å². The molecule has 2 aromatic rings. The van der Waals surface area contributed by atoms with Crippen LogP contribution in [-0.4, -0.2) is 30.1 Å². The summed E-state index contributed by atoms with van der Waals surface area (Å²) in [6.45, 7) is 5.53. The number of rotatable bonds is 6. The number of aryl methyl sites for hydroxylation is 1. The minimum absolute atomic E-state index is 0.0965. The third-order valence-corrected chi connectivity index (χ3v) is 4.32. The lowest BCUT2D eigenvalue weighted by atomic mass is 10.1. The highest BCUT2D eigenvalue weighted by atomic mass is 19.4. The molecule has 2 N–H and O–H groups in total. The number of ketones is 2. The average molecular weight is 367 g/mol. The molecule has 1 unspecified atom stereocenters. The number of benzene rings is 1. The highest BCUT2D eigenvalue weighted by Crippen LogP contribution is 2.29. The molecule has 7 heteroatoms. The van der Waals surface area contributed by atoms with Gasteiger partial charge >= 0.3 is 6.18 Å². The van der Waals surface area contributed by atoms with Crippen molar-refractivity contribution >= 4 is 11.6 Å². The normalized spacial score (nSPS) is 12.9. The fourth-order valence-electron chi connectivity index (χ4n) is 3.14. The van der Waals surface area contributed by atoms with E-state index in [1.165, 1.54) is 19.1 Å². The highest BCUT2D eigenvalue weighted by Gasteiger charge is 2.30. The number of alkyl halides is 3. The molecule has 0 aliphatic carbocycles. The van der Waals surface area contributed by atoms with Crippen LogP contribution in [0.2, 0.25) is 0 Å². The minimum atomic E-state index is -4.36. The number of hydrogen-bond donors (Lipinski definition) is 2. The van der Waals surface area contributed by atoms with Gasteiger partial charge in [0.15, 0.2) is 5.78 Å². The molecule has 140 valence electrons. The average Bonchev–Trinajstić information content (AvgIpc) is 2.81. The number of aromatic nitrogens is 1. The fraction of sp³-hybridized carbons (Fsp3) is 0.368. The van der Waals surface area contributed by atoms with E-state index < -0.39 is 11.7 Å². The quantitative estimate of drug-likeness (QED) is 0.772. The zero-order valence-corrected chi connectivity index (χ0v) is 15.2. The van der Waals surface area contributed by atoms with Crippen LogP contribution < -0.4 is 4.90 Å². The molecule has 1 aromatic carbocycles. The summed E-state index contributed by atoms with van der Waals surface area (Å²) in [7, 11) is 1.80. The van der Waals surface area contributed by atoms with Gasteiger partial charge in [0.25, 0.3) is 0 Å². The SMILES string of the molecule is CC(=O)c1c(C)[nH]c(C(=O)C[NH+](C)Cc2ccc(C(F)(F)F)cc2)c1C. The summed E-state index contributed by atoms with van der Waals surface area (Å²) in [4.78, 5) is 28.0. The van der Waals surface area contributed by atoms with Gasteiger partial charge in [0.2, 0.25) is 5.78 Å². The van der Waals surface area contributed by atoms with E-state index in [1.54, 1.807) is 20.9 Å². The van der Waals surface area contributed by atoms with E-state index in [4.69, 9.17) is 0 Å². The second kappa shape index (κ2) is 7.45. The molecular formula is C19H22F3N2O2+. The molecular weight excluding hydrogens is 345 g/mol. The van der Waals surface area contributed by atoms with E-state index in [2.05, 4.69) is 4.98 Å². The molecule has 0 radical (unpaired) electrons. The monoisotopic (exact) mass is 367 g/mol. The topological polar surface area (TPSA) is 54.4 Å². The van der Waals surface area contributed by atoms with Crippen molar-refractivity contribution in [1.29, 1.82) is 0 Å². The number of likely N-dealkylation sites (N-methyl/N-ethyl adjacent to an activating group) is 1. The Morgan fingerprint density at radius 2 is 1.69 bits per heavy atom. The van der Waals surface area contributed by atoms with Crippen LogP contribution in [0.1, 0.15) is 50.2 Å². The van der Waals surface area contributed by atoms with Crippen LogP contribution in [0, 0.1) is 13.8 Å². The van der Waals surface area contributed by atoms with E-state index in [0.717, 1.165) is 17.0 Å². The number of Topliss-reactive ketones (excluding diaryl/α,β-unsaturated/α-hetero) is 2. The Bertz CT molecular complexity index is 821. The Balaban J connectivity index is 2.06. The largest absolute Gasteiger partial charge is 0.416 e. The molecule has 0 saturated heterocycles. The number of carbonyl (C=O) groups is 2. The maximum atomic E-state index is 12.6. The molecule has 26 heavy (non-hydrogen) atoms. The molecule has 0 aliphatic heterocycles. The van der Waals surface area contributed by atoms with Gasteiger partial charge in [-0.3, -0.25) is 9.59 Å². The zero-order chi connectivity index (χ0) is 19.6. The van der Waals surface area contributed by atoms with Crippen molar-refractivity contribution in [3.8, 4) is 0 Å². The van der Waals surface area contributed by atoms with Gasteiger partial charge in [-0.25, -0.2) is 0 Å². The summed E-state index contributed by atoms with van der Waals surface area (Å²) < 4.78 is 37.8. The Morgan fingerprint density at radius 3 is 2.15 bits per heavy atom. The number of hydrogen-bond acceptors (Lipinski definition) is 2. The van der Waals surface area contributed by atoms with E-state index >= 15 is 0 Å². The van der Waals surface area contributed by atoms with Crippen molar-refractivity contribution in [1.82, 2.24) is 4.98 Å². The Labute approximate surface area is 150 Å². The first-order chi connectivity index (χ1) is 12.0. The van der Waals surface area contributed by atoms with Gasteiger partial charge < -0.3 is 9.88 Å². The predicted octanol–water partition coefficient (Wildman–Crippen LogP) is 2.75. The lowest BCUT2D eigenvalue weighted by Crippen LogP contribution is -3.08. The first-order valence-corrected chi connectivity index (χ1v) is 8.21. The number of halogens is 3. The molecule has 0 saturated carbocycles. The summed E-state index contributed by atoms with van der Waals surface area (Å²) in [6, 6.07) is 4.94. The molecule has 1 aromatic heterocycles. The summed E-state index contributed by atoms with van der Waals surface area (Å²) in [5, 5.41) is 0. The first-order valence-electron chi connectivity index (χ1n) is 8.21. The van der Waals surface area contributed by atoms with Gasteiger partial charge in [-0.05, 0) is 38.5 Å². The van der Waals surface area contributed by atoms with Crippen molar-refractivity contribution in [3.05, 3.63) is 57.9 Å². The van der Waals surface area contributed by atoms with E-state index in [-0.39, 0.29) is 18.1 Å². The zero-order valence-electron chi connectivity index (χ0n) is 15.2. The van der Waals surface area contributed by atoms with Gasteiger partial charge in [0.05, 0.1) is 18.3 Å². The summed E-state index contributed by atoms with van der Waals surface area (Å²) in [5.41, 5.74) is 2.28. The van der Waals surface area contributed by atoms with Crippen LogP contribution in [0.4, 0.5) is 13.2 Å². The molecule has 1 atom stereocenters. The van der Waals surface area contributed by atoms with Crippen LogP contribution in [-0.2, 0) is 12.7 Å². The smallest absolute Gasteiger partial charge is 0.355 e. The van der Waals surface area contributed by atoms with Crippen LogP contribution in [0.25, 0.3) is 0 Å². The molecule has 4 nitrogen and oxygen atoms in total. The van der Waals surface area contributed by atoms with Gasteiger partial charge in [-0.2, -0.15) is 13.2 Å². The number of quaternary nitrogens is 1. The minimum Gasteiger partial charge on any atom is -0.355 e. The molecule has 0 fully saturated rings. The summed E-state index contributed by atoms with van der Waals surface area (Å²) in [5.74, 6) is -0.233. The molecule has 0 aliphatic rings. The number of H-pyrrole nitrogens is 1. The number of aromatic amines is 1. The lowest BCUT2D eigenvalue weighted by Gasteiger charge is -2.14. The Morgan fingerprint density at radius 1 is 1.12 bits per heavy atom. The Hall–Kier alpha value is -2.41. The van der Waals surface area contributed by atoms with E-state index in [9.17, 15) is 22.8 Å². The molecule has 0 bridgehead atoms. The summed E-state index contributed by atoms with van der Waals surface area (Å²) in [6.07, 6.45) is -4.36. The molecule has 0 spiro atoms. The second-order valence-electron chi connectivity index (χ2n) is 6.61. The third-order valence-electron chi connectivity index (χ3n) is 4.32. The van der Waals surface area contributed by atoms with Crippen LogP contribution in [0.3, 0.4) is 0 Å². The van der Waals surface area contributed by atoms with E-state index in [0.29, 0.717) is 34.6 Å². The maximum Gasteiger partial charge on any atom is 0.416 e. The fourth-order valence-corrected chi connectivity index (χ4v) is 3.14. The number of nitrogens with one attached hydrogen (secondary N) is 2. The van der Waals surface area contributed by atoms with Crippen LogP contribution in [0.5, 0.6) is 0 Å². The number of carbonyl (C=O) groups excluding carboxylic acids is 2. The van der Waals surface area contributed by atoms with Crippen LogP contribution >= 0.6 is 0 Å². The standard InChI is InChI=1S/C19H21F3N2O2/c1-11-17(13(3)25)12(2)23-18(11)16(26)10-24(4)9-14-5-7-15(8-6-14)19(20,21)22/h5-8,23H,9-10H2,1-4H3/p+1. The van der Waals surface area contributed by atoms with Crippen molar-refractivity contribution in [2.24, 2.45) is 0 Å². The van der Waals surface area contributed by atoms with Gasteiger partial charge in [-0.1, -0.05) is 12.1 Å². The van der Waals surface area contributed by atoms with E-state index in [1.807, 2.05) is 0 Å². The molecule has 1 heterocycles. The van der Waals surface area contributed by atoms with Crippen molar-refractivity contribution < 1.29 is 27.7 Å². The highest BCUT2D eigenvalue weighted by molar-refractivity contribution is 6.03. The first kappa shape index (κ1) is 19.9. The summed E-state index contributed by atoms with van der Waals surface area (Å²) >= 11 is 0. The third kappa shape index (κ3) is 4.40. The molecule has 0 amide bonds. The van der Waals surface area contributed by atoms with Gasteiger partial charge in [0.1, 0.15) is 13.1 Å². The van der Waals surface area contributed by atoms with Crippen molar-refractivity contribution in [3.63, 3.8) is 0 Å². The molecule has 2 rings (SSSR count). The van der Waals surface area contributed by atoms with Gasteiger partial charge in [0, 0.05) is 16.8 Å². The maximum absolute atomic E-state index is 12.6.